The van der Waals surface area contributed by atoms with E-state index in [4.69, 9.17) is 0 Å². The van der Waals surface area contributed by atoms with Crippen LogP contribution in [0, 0.1) is 6.92 Å². The third-order valence-corrected chi connectivity index (χ3v) is 3.61. The largest absolute Gasteiger partial charge is 0.235 e. The van der Waals surface area contributed by atoms with Gasteiger partial charge in [-0.05, 0) is 30.6 Å². The summed E-state index contributed by atoms with van der Waals surface area (Å²) in [6.45, 7) is 1.98. The zero-order valence-corrected chi connectivity index (χ0v) is 9.64. The smallest absolute Gasteiger partial charge is 0.116 e. The molecule has 0 aliphatic heterocycles. The van der Waals surface area contributed by atoms with Gasteiger partial charge >= 0.3 is 0 Å². The van der Waals surface area contributed by atoms with E-state index in [1.54, 1.807) is 6.33 Å². The van der Waals surface area contributed by atoms with Crippen molar-refractivity contribution in [1.29, 1.82) is 0 Å². The molecule has 0 bridgehead atoms. The first kappa shape index (κ1) is 9.06. The molecule has 0 atom stereocenters. The lowest BCUT2D eigenvalue weighted by Gasteiger charge is -2.01. The van der Waals surface area contributed by atoms with Crippen LogP contribution in [0.15, 0.2) is 23.4 Å². The molecule has 0 fully saturated rings. The molecular weight excluding hydrogens is 226 g/mol. The standard InChI is InChI=1S/C10H7N3S2/c1-5-2-6-8(14)3-7-9(12-4-11-7)10(6)15-13-5/h2-4,14H,1H3. The Hall–Kier alpha value is -1.20. The van der Waals surface area contributed by atoms with E-state index in [1.165, 1.54) is 11.5 Å². The van der Waals surface area contributed by atoms with Crippen LogP contribution in [0.1, 0.15) is 5.69 Å². The van der Waals surface area contributed by atoms with Crippen LogP contribution >= 0.6 is 24.2 Å². The summed E-state index contributed by atoms with van der Waals surface area (Å²) < 4.78 is 5.37. The van der Waals surface area contributed by atoms with Crippen molar-refractivity contribution in [1.82, 2.24) is 14.3 Å². The molecule has 0 N–H and O–H groups in total. The Morgan fingerprint density at radius 1 is 1.27 bits per heavy atom. The summed E-state index contributed by atoms with van der Waals surface area (Å²) in [4.78, 5) is 9.34. The maximum atomic E-state index is 4.46. The van der Waals surface area contributed by atoms with Crippen LogP contribution in [0.5, 0.6) is 0 Å². The van der Waals surface area contributed by atoms with E-state index in [9.17, 15) is 0 Å². The molecule has 3 aromatic rings. The number of thiol groups is 1. The Balaban J connectivity index is 2.61. The fraction of sp³-hybridized carbons (Fsp3) is 0.100. The van der Waals surface area contributed by atoms with E-state index in [-0.39, 0.29) is 0 Å². The minimum atomic E-state index is 0.884. The molecule has 0 saturated carbocycles. The lowest BCUT2D eigenvalue weighted by molar-refractivity contribution is 1.32. The second kappa shape index (κ2) is 3.15. The van der Waals surface area contributed by atoms with Gasteiger partial charge in [0, 0.05) is 10.3 Å². The summed E-state index contributed by atoms with van der Waals surface area (Å²) in [6, 6.07) is 3.97. The summed E-state index contributed by atoms with van der Waals surface area (Å²) >= 11 is 5.91. The van der Waals surface area contributed by atoms with Crippen LogP contribution in [-0.2, 0) is 0 Å². The van der Waals surface area contributed by atoms with E-state index < -0.39 is 0 Å². The van der Waals surface area contributed by atoms with Crippen LogP contribution in [0.3, 0.4) is 0 Å². The average Bonchev–Trinajstić information content (AvgIpc) is 2.66. The van der Waals surface area contributed by atoms with Crippen molar-refractivity contribution in [3.05, 3.63) is 24.2 Å². The predicted molar refractivity (Wildman–Crippen MR) is 64.7 cm³/mol. The fourth-order valence-corrected chi connectivity index (χ4v) is 2.77. The second-order valence-corrected chi connectivity index (χ2v) is 4.60. The molecule has 0 amide bonds. The van der Waals surface area contributed by atoms with Gasteiger partial charge in [-0.15, -0.1) is 12.6 Å². The molecule has 15 heavy (non-hydrogen) atoms. The number of benzene rings is 1. The highest BCUT2D eigenvalue weighted by molar-refractivity contribution is 7.80. The third kappa shape index (κ3) is 1.31. The van der Waals surface area contributed by atoms with Gasteiger partial charge in [0.25, 0.3) is 0 Å². The summed E-state index contributed by atoms with van der Waals surface area (Å²) in [5.74, 6) is 0. The molecule has 3 nitrogen and oxygen atoms in total. The SMILES string of the molecule is Cc1cc2c(S)cc3ncnc3c2sn1. The zero-order valence-electron chi connectivity index (χ0n) is 7.93. The molecule has 0 radical (unpaired) electrons. The van der Waals surface area contributed by atoms with Gasteiger partial charge in [-0.2, -0.15) is 4.37 Å². The van der Waals surface area contributed by atoms with Gasteiger partial charge in [0.2, 0.25) is 0 Å². The van der Waals surface area contributed by atoms with E-state index in [0.717, 1.165) is 31.7 Å². The van der Waals surface area contributed by atoms with Crippen molar-refractivity contribution < 1.29 is 0 Å². The van der Waals surface area contributed by atoms with Gasteiger partial charge in [-0.1, -0.05) is 0 Å². The molecule has 2 heterocycles. The highest BCUT2D eigenvalue weighted by Gasteiger charge is 2.08. The normalized spacial score (nSPS) is 11.3. The molecule has 2 aromatic heterocycles. The Bertz CT molecular complexity index is 660. The van der Waals surface area contributed by atoms with Crippen LogP contribution < -0.4 is 0 Å². The van der Waals surface area contributed by atoms with Crippen LogP contribution in [0.25, 0.3) is 21.1 Å². The maximum absolute atomic E-state index is 4.46. The van der Waals surface area contributed by atoms with Crippen molar-refractivity contribution in [2.24, 2.45) is 0 Å². The van der Waals surface area contributed by atoms with Gasteiger partial charge < -0.3 is 0 Å². The lowest BCUT2D eigenvalue weighted by Crippen LogP contribution is -1.81. The molecule has 0 saturated heterocycles. The van der Waals surface area contributed by atoms with Crippen LogP contribution in [0.2, 0.25) is 0 Å². The van der Waals surface area contributed by atoms with Crippen molar-refractivity contribution in [3.63, 3.8) is 0 Å². The number of aryl methyl sites for hydroxylation is 1. The Kier molecular flexibility index (Phi) is 1.90. The molecule has 5 heteroatoms. The minimum Gasteiger partial charge on any atom is -0.235 e. The van der Waals surface area contributed by atoms with Crippen molar-refractivity contribution in [2.45, 2.75) is 11.8 Å². The highest BCUT2D eigenvalue weighted by atomic mass is 32.1. The van der Waals surface area contributed by atoms with Crippen LogP contribution in [-0.4, -0.2) is 14.3 Å². The zero-order chi connectivity index (χ0) is 10.4. The summed E-state index contributed by atoms with van der Waals surface area (Å²) in [5, 5.41) is 1.10. The monoisotopic (exact) mass is 233 g/mol. The quantitative estimate of drug-likeness (QED) is 0.607. The Labute approximate surface area is 95.8 Å². The molecule has 0 aliphatic rings. The molecular formula is C10H7N3S2. The highest BCUT2D eigenvalue weighted by Crippen LogP contribution is 2.30. The van der Waals surface area contributed by atoms with E-state index in [1.807, 2.05) is 19.1 Å². The number of fused-ring (bicyclic) bond motifs is 3. The molecule has 0 unspecified atom stereocenters. The average molecular weight is 233 g/mol. The Morgan fingerprint density at radius 3 is 3.00 bits per heavy atom. The first-order valence-corrected chi connectivity index (χ1v) is 5.67. The van der Waals surface area contributed by atoms with Gasteiger partial charge in [-0.25, -0.2) is 9.97 Å². The summed E-state index contributed by atoms with van der Waals surface area (Å²) in [5.41, 5.74) is 2.80. The van der Waals surface area contributed by atoms with Crippen molar-refractivity contribution in [2.75, 3.05) is 0 Å². The Morgan fingerprint density at radius 2 is 2.13 bits per heavy atom. The molecule has 0 spiro atoms. The van der Waals surface area contributed by atoms with Crippen LogP contribution in [0.4, 0.5) is 0 Å². The first-order valence-electron chi connectivity index (χ1n) is 4.45. The van der Waals surface area contributed by atoms with E-state index in [0.29, 0.717) is 0 Å². The number of hydrogen-bond acceptors (Lipinski definition) is 5. The molecule has 1 aromatic carbocycles. The summed E-state index contributed by atoms with van der Waals surface area (Å²) in [7, 11) is 0. The minimum absolute atomic E-state index is 0.884. The number of nitrogens with zero attached hydrogens (tertiary/aromatic N) is 3. The van der Waals surface area contributed by atoms with Gasteiger partial charge in [0.05, 0.1) is 15.9 Å². The maximum Gasteiger partial charge on any atom is 0.116 e. The predicted octanol–water partition coefficient (Wildman–Crippen LogP) is 2.84. The van der Waals surface area contributed by atoms with Gasteiger partial charge in [-0.3, -0.25) is 0 Å². The molecule has 3 rings (SSSR count). The number of hydrogen-bond donors (Lipinski definition) is 1. The number of aromatic nitrogens is 3. The summed E-state index contributed by atoms with van der Waals surface area (Å²) in [6.07, 6.45) is 1.57. The van der Waals surface area contributed by atoms with E-state index >= 15 is 0 Å². The third-order valence-electron chi connectivity index (χ3n) is 2.27. The van der Waals surface area contributed by atoms with Crippen molar-refractivity contribution >= 4 is 45.3 Å². The molecule has 0 aliphatic carbocycles. The second-order valence-electron chi connectivity index (χ2n) is 3.35. The molecule has 74 valence electrons. The number of rotatable bonds is 0. The lowest BCUT2D eigenvalue weighted by atomic mass is 10.2. The fourth-order valence-electron chi connectivity index (χ4n) is 1.59. The number of imidazole rings is 1. The topological polar surface area (TPSA) is 38.7 Å². The first-order chi connectivity index (χ1) is 7.25. The van der Waals surface area contributed by atoms with E-state index in [2.05, 4.69) is 27.0 Å². The van der Waals surface area contributed by atoms with Gasteiger partial charge in [0.15, 0.2) is 0 Å². The van der Waals surface area contributed by atoms with Gasteiger partial charge in [0.1, 0.15) is 11.8 Å². The van der Waals surface area contributed by atoms with Crippen molar-refractivity contribution in [3.8, 4) is 0 Å².